The largest absolute Gasteiger partial charge is 0.330 e. The monoisotopic (exact) mass is 333 g/mol. The van der Waals surface area contributed by atoms with E-state index in [2.05, 4.69) is 18.2 Å². The molecule has 1 unspecified atom stereocenters. The highest BCUT2D eigenvalue weighted by molar-refractivity contribution is 6.35. The summed E-state index contributed by atoms with van der Waals surface area (Å²) < 4.78 is 0. The smallest absolute Gasteiger partial charge is 0.0453 e. The fourth-order valence-corrected chi connectivity index (χ4v) is 3.78. The first-order valence-corrected chi connectivity index (χ1v) is 8.68. The van der Waals surface area contributed by atoms with E-state index >= 15 is 0 Å². The van der Waals surface area contributed by atoms with Crippen LogP contribution < -0.4 is 5.73 Å². The Morgan fingerprint density at radius 1 is 0.955 bits per heavy atom. The van der Waals surface area contributed by atoms with Crippen LogP contribution in [0.1, 0.15) is 41.0 Å². The van der Waals surface area contributed by atoms with Crippen LogP contribution in [0.5, 0.6) is 0 Å². The van der Waals surface area contributed by atoms with Gasteiger partial charge in [-0.15, -0.1) is 0 Å². The van der Waals surface area contributed by atoms with Gasteiger partial charge in [0.05, 0.1) is 0 Å². The van der Waals surface area contributed by atoms with Gasteiger partial charge in [-0.1, -0.05) is 47.5 Å². The number of nitrogens with two attached hydrogens (primary N) is 1. The minimum atomic E-state index is 0.297. The van der Waals surface area contributed by atoms with Gasteiger partial charge in [0.25, 0.3) is 0 Å². The van der Waals surface area contributed by atoms with E-state index in [1.54, 1.807) is 6.07 Å². The van der Waals surface area contributed by atoms with Crippen molar-refractivity contribution in [2.75, 3.05) is 6.54 Å². The van der Waals surface area contributed by atoms with Gasteiger partial charge in [-0.3, -0.25) is 0 Å². The van der Waals surface area contributed by atoms with Crippen molar-refractivity contribution < 1.29 is 0 Å². The Morgan fingerprint density at radius 2 is 1.73 bits per heavy atom. The molecule has 1 aliphatic rings. The van der Waals surface area contributed by atoms with Gasteiger partial charge in [-0.25, -0.2) is 0 Å². The summed E-state index contributed by atoms with van der Waals surface area (Å²) in [4.78, 5) is 0. The van der Waals surface area contributed by atoms with Gasteiger partial charge in [0.2, 0.25) is 0 Å². The van der Waals surface area contributed by atoms with E-state index in [1.165, 1.54) is 42.4 Å². The van der Waals surface area contributed by atoms with Crippen LogP contribution in [-0.4, -0.2) is 6.54 Å². The Bertz CT molecular complexity index is 666. The molecule has 1 aliphatic carbocycles. The number of aryl methyl sites for hydroxylation is 2. The highest BCUT2D eigenvalue weighted by atomic mass is 35.5. The third-order valence-corrected chi connectivity index (χ3v) is 5.20. The second-order valence-corrected chi connectivity index (χ2v) is 6.95. The van der Waals surface area contributed by atoms with E-state index in [0.29, 0.717) is 17.5 Å². The summed E-state index contributed by atoms with van der Waals surface area (Å²) in [5, 5.41) is 1.40. The van der Waals surface area contributed by atoms with Gasteiger partial charge in [0.1, 0.15) is 0 Å². The molecule has 0 aliphatic heterocycles. The van der Waals surface area contributed by atoms with Crippen molar-refractivity contribution >= 4 is 23.2 Å². The summed E-state index contributed by atoms with van der Waals surface area (Å²) >= 11 is 12.3. The molecule has 0 aromatic heterocycles. The van der Waals surface area contributed by atoms with Crippen LogP contribution in [0, 0.1) is 0 Å². The molecule has 3 heteroatoms. The minimum absolute atomic E-state index is 0.297. The number of hydrogen-bond donors (Lipinski definition) is 1. The van der Waals surface area contributed by atoms with Gasteiger partial charge >= 0.3 is 0 Å². The Labute approximate surface area is 142 Å². The van der Waals surface area contributed by atoms with Gasteiger partial charge in [-0.2, -0.15) is 0 Å². The summed E-state index contributed by atoms with van der Waals surface area (Å²) in [6.07, 6.45) is 5.87. The average molecular weight is 334 g/mol. The normalized spacial score (nSPS) is 15.4. The molecule has 0 saturated heterocycles. The molecule has 2 aromatic carbocycles. The van der Waals surface area contributed by atoms with Crippen LogP contribution in [-0.2, 0) is 19.3 Å². The molecule has 2 N–H and O–H groups in total. The summed E-state index contributed by atoms with van der Waals surface area (Å²) in [5.41, 5.74) is 11.5. The lowest BCUT2D eigenvalue weighted by atomic mass is 9.85. The van der Waals surface area contributed by atoms with Crippen molar-refractivity contribution in [3.8, 4) is 0 Å². The van der Waals surface area contributed by atoms with E-state index in [1.807, 2.05) is 12.1 Å². The summed E-state index contributed by atoms with van der Waals surface area (Å²) in [5.74, 6) is 0.297. The topological polar surface area (TPSA) is 26.0 Å². The molecule has 0 radical (unpaired) electrons. The first kappa shape index (κ1) is 15.9. The Morgan fingerprint density at radius 3 is 2.45 bits per heavy atom. The fourth-order valence-electron chi connectivity index (χ4n) is 3.30. The average Bonchev–Trinajstić information content (AvgIpc) is 2.54. The second kappa shape index (κ2) is 7.04. The number of fused-ring (bicyclic) bond motifs is 1. The molecule has 0 saturated carbocycles. The molecule has 2 aromatic rings. The zero-order chi connectivity index (χ0) is 15.5. The fraction of sp³-hybridized carbons (Fsp3) is 0.368. The lowest BCUT2D eigenvalue weighted by Gasteiger charge is -2.21. The third kappa shape index (κ3) is 3.48. The maximum Gasteiger partial charge on any atom is 0.0453 e. The van der Waals surface area contributed by atoms with Crippen molar-refractivity contribution in [2.24, 2.45) is 5.73 Å². The first-order valence-electron chi connectivity index (χ1n) is 7.93. The Balaban J connectivity index is 1.84. The summed E-state index contributed by atoms with van der Waals surface area (Å²) in [6, 6.07) is 12.6. The van der Waals surface area contributed by atoms with E-state index in [4.69, 9.17) is 28.9 Å². The molecule has 1 nitrogen and oxygen atoms in total. The molecule has 0 spiro atoms. The zero-order valence-corrected chi connectivity index (χ0v) is 14.1. The van der Waals surface area contributed by atoms with Gasteiger partial charge in [0, 0.05) is 16.0 Å². The lowest BCUT2D eigenvalue weighted by Crippen LogP contribution is -2.16. The van der Waals surface area contributed by atoms with Crippen LogP contribution in [0.25, 0.3) is 0 Å². The van der Waals surface area contributed by atoms with E-state index in [0.717, 1.165) is 17.0 Å². The van der Waals surface area contributed by atoms with Crippen molar-refractivity contribution in [3.05, 3.63) is 68.7 Å². The Hall–Kier alpha value is -1.02. The van der Waals surface area contributed by atoms with Crippen molar-refractivity contribution in [3.63, 3.8) is 0 Å². The van der Waals surface area contributed by atoms with Crippen molar-refractivity contribution in [2.45, 2.75) is 38.0 Å². The SMILES string of the molecule is NCC(Cc1ccc(Cl)cc1Cl)c1ccc2c(c1)CCCC2. The van der Waals surface area contributed by atoms with E-state index < -0.39 is 0 Å². The van der Waals surface area contributed by atoms with Gasteiger partial charge in [0.15, 0.2) is 0 Å². The molecule has 116 valence electrons. The molecule has 0 heterocycles. The molecule has 1 atom stereocenters. The highest BCUT2D eigenvalue weighted by Crippen LogP contribution is 2.29. The minimum Gasteiger partial charge on any atom is -0.330 e. The quantitative estimate of drug-likeness (QED) is 0.821. The Kier molecular flexibility index (Phi) is 5.07. The molecule has 0 fully saturated rings. The molecular formula is C19H21Cl2N. The lowest BCUT2D eigenvalue weighted by molar-refractivity contribution is 0.668. The van der Waals surface area contributed by atoms with Gasteiger partial charge in [-0.05, 0) is 73.0 Å². The first-order chi connectivity index (χ1) is 10.7. The molecular weight excluding hydrogens is 313 g/mol. The van der Waals surface area contributed by atoms with E-state index in [-0.39, 0.29) is 0 Å². The molecule has 3 rings (SSSR count). The van der Waals surface area contributed by atoms with Crippen LogP contribution in [0.3, 0.4) is 0 Å². The third-order valence-electron chi connectivity index (χ3n) is 4.61. The van der Waals surface area contributed by atoms with Crippen LogP contribution >= 0.6 is 23.2 Å². The van der Waals surface area contributed by atoms with Crippen LogP contribution in [0.4, 0.5) is 0 Å². The predicted octanol–water partition coefficient (Wildman–Crippen LogP) is 5.16. The zero-order valence-electron chi connectivity index (χ0n) is 12.6. The molecule has 0 amide bonds. The number of halogens is 2. The van der Waals surface area contributed by atoms with Crippen molar-refractivity contribution in [1.29, 1.82) is 0 Å². The standard InChI is InChI=1S/C19H21Cl2N/c20-18-8-7-16(19(21)11-18)10-17(12-22)15-6-5-13-3-1-2-4-14(13)9-15/h5-9,11,17H,1-4,10,12,22H2. The maximum atomic E-state index is 6.31. The summed E-state index contributed by atoms with van der Waals surface area (Å²) in [6.45, 7) is 0.623. The summed E-state index contributed by atoms with van der Waals surface area (Å²) in [7, 11) is 0. The number of hydrogen-bond acceptors (Lipinski definition) is 1. The molecule has 22 heavy (non-hydrogen) atoms. The maximum absolute atomic E-state index is 6.31. The second-order valence-electron chi connectivity index (χ2n) is 6.11. The van der Waals surface area contributed by atoms with Gasteiger partial charge < -0.3 is 5.73 Å². The van der Waals surface area contributed by atoms with Crippen LogP contribution in [0.2, 0.25) is 10.0 Å². The number of benzene rings is 2. The predicted molar refractivity (Wildman–Crippen MR) is 95.0 cm³/mol. The number of rotatable bonds is 4. The van der Waals surface area contributed by atoms with Crippen molar-refractivity contribution in [1.82, 2.24) is 0 Å². The molecule has 0 bridgehead atoms. The highest BCUT2D eigenvalue weighted by Gasteiger charge is 2.16. The van der Waals surface area contributed by atoms with Crippen LogP contribution in [0.15, 0.2) is 36.4 Å². The van der Waals surface area contributed by atoms with E-state index in [9.17, 15) is 0 Å².